The smallest absolute Gasteiger partial charge is 0.127 e. The monoisotopic (exact) mass is 430 g/mol. The lowest BCUT2D eigenvalue weighted by Crippen LogP contribution is -1.84. The minimum Gasteiger partial charge on any atom is -0.457 e. The Balaban J connectivity index is 1.52. The fourth-order valence-electron chi connectivity index (χ4n) is 3.32. The summed E-state index contributed by atoms with van der Waals surface area (Å²) in [7, 11) is 0. The summed E-state index contributed by atoms with van der Waals surface area (Å²) >= 11 is 5.30. The van der Waals surface area contributed by atoms with Crippen LogP contribution >= 0.6 is 27.3 Å². The van der Waals surface area contributed by atoms with Crippen LogP contribution in [0, 0.1) is 0 Å². The van der Waals surface area contributed by atoms with Crippen LogP contribution < -0.4 is 4.74 Å². The Morgan fingerprint density at radius 1 is 0.630 bits per heavy atom. The van der Waals surface area contributed by atoms with Crippen molar-refractivity contribution in [1.82, 2.24) is 0 Å². The van der Waals surface area contributed by atoms with E-state index in [4.69, 9.17) is 4.74 Å². The molecule has 1 heterocycles. The fourth-order valence-corrected chi connectivity index (χ4v) is 4.82. The van der Waals surface area contributed by atoms with E-state index < -0.39 is 0 Å². The molecule has 3 heteroatoms. The zero-order chi connectivity index (χ0) is 18.2. The van der Waals surface area contributed by atoms with Gasteiger partial charge in [0.15, 0.2) is 0 Å². The number of thiophene rings is 1. The summed E-state index contributed by atoms with van der Waals surface area (Å²) < 4.78 is 9.65. The lowest BCUT2D eigenvalue weighted by atomic mass is 10.0. The van der Waals surface area contributed by atoms with Gasteiger partial charge in [0.2, 0.25) is 0 Å². The highest BCUT2D eigenvalue weighted by Gasteiger charge is 2.10. The van der Waals surface area contributed by atoms with Gasteiger partial charge in [-0.2, -0.15) is 0 Å². The molecule has 4 aromatic carbocycles. The molecule has 0 bridgehead atoms. The number of halogens is 1. The Hall–Kier alpha value is -2.62. The predicted octanol–water partition coefficient (Wildman–Crippen LogP) is 8.28. The maximum atomic E-state index is 5.94. The van der Waals surface area contributed by atoms with Crippen LogP contribution in [0.2, 0.25) is 0 Å². The van der Waals surface area contributed by atoms with Gasteiger partial charge >= 0.3 is 0 Å². The molecule has 0 aliphatic carbocycles. The second kappa shape index (κ2) is 6.84. The van der Waals surface area contributed by atoms with Crippen molar-refractivity contribution in [3.05, 3.63) is 95.5 Å². The summed E-state index contributed by atoms with van der Waals surface area (Å²) in [5.41, 5.74) is 2.47. The van der Waals surface area contributed by atoms with E-state index in [1.807, 2.05) is 47.7 Å². The lowest BCUT2D eigenvalue weighted by Gasteiger charge is -2.08. The number of ether oxygens (including phenoxy) is 1. The first-order chi connectivity index (χ1) is 13.3. The van der Waals surface area contributed by atoms with Gasteiger partial charge in [0.1, 0.15) is 11.5 Å². The number of rotatable bonds is 3. The van der Waals surface area contributed by atoms with Gasteiger partial charge < -0.3 is 4.74 Å². The molecule has 0 aliphatic rings. The first-order valence-electron chi connectivity index (χ1n) is 8.72. The van der Waals surface area contributed by atoms with Gasteiger partial charge in [0, 0.05) is 24.6 Å². The SMILES string of the molecule is Brc1ccc(Oc2ccc(-c3cccc4c3sc3ccccc34)cc2)cc1. The average molecular weight is 431 g/mol. The first-order valence-corrected chi connectivity index (χ1v) is 10.3. The normalized spacial score (nSPS) is 11.1. The van der Waals surface area contributed by atoms with Gasteiger partial charge in [-0.1, -0.05) is 64.5 Å². The Morgan fingerprint density at radius 2 is 1.30 bits per heavy atom. The van der Waals surface area contributed by atoms with Crippen LogP contribution in [0.3, 0.4) is 0 Å². The van der Waals surface area contributed by atoms with E-state index >= 15 is 0 Å². The van der Waals surface area contributed by atoms with Crippen molar-refractivity contribution in [2.45, 2.75) is 0 Å². The van der Waals surface area contributed by atoms with Crippen molar-refractivity contribution in [1.29, 1.82) is 0 Å². The topological polar surface area (TPSA) is 9.23 Å². The number of benzene rings is 4. The molecule has 5 rings (SSSR count). The number of hydrogen-bond donors (Lipinski definition) is 0. The maximum absolute atomic E-state index is 5.94. The van der Waals surface area contributed by atoms with Gasteiger partial charge in [0.05, 0.1) is 0 Å². The molecule has 27 heavy (non-hydrogen) atoms. The minimum absolute atomic E-state index is 0.831. The highest BCUT2D eigenvalue weighted by atomic mass is 79.9. The van der Waals surface area contributed by atoms with Crippen molar-refractivity contribution >= 4 is 47.4 Å². The van der Waals surface area contributed by atoms with Crippen molar-refractivity contribution in [3.63, 3.8) is 0 Å². The Morgan fingerprint density at radius 3 is 2.07 bits per heavy atom. The molecular weight excluding hydrogens is 416 g/mol. The van der Waals surface area contributed by atoms with Gasteiger partial charge in [-0.25, -0.2) is 0 Å². The second-order valence-electron chi connectivity index (χ2n) is 6.36. The number of fused-ring (bicyclic) bond motifs is 3. The summed E-state index contributed by atoms with van der Waals surface area (Å²) in [6.07, 6.45) is 0. The van der Waals surface area contributed by atoms with Gasteiger partial charge in [-0.3, -0.25) is 0 Å². The van der Waals surface area contributed by atoms with E-state index in [1.165, 1.54) is 31.3 Å². The standard InChI is InChI=1S/C24H15BrOS/c25-17-10-14-19(15-11-17)26-18-12-8-16(9-13-18)20-5-3-6-22-21-4-1-2-7-23(21)27-24(20)22/h1-15H. The van der Waals surface area contributed by atoms with Crippen LogP contribution in [0.15, 0.2) is 95.5 Å². The van der Waals surface area contributed by atoms with E-state index in [9.17, 15) is 0 Å². The van der Waals surface area contributed by atoms with Gasteiger partial charge in [0.25, 0.3) is 0 Å². The molecule has 130 valence electrons. The maximum Gasteiger partial charge on any atom is 0.127 e. The van der Waals surface area contributed by atoms with Crippen molar-refractivity contribution < 1.29 is 4.74 Å². The Bertz CT molecular complexity index is 1240. The summed E-state index contributed by atoms with van der Waals surface area (Å²) in [6, 6.07) is 31.3. The molecule has 0 saturated heterocycles. The Kier molecular flexibility index (Phi) is 4.19. The summed E-state index contributed by atoms with van der Waals surface area (Å²) in [5, 5.41) is 2.65. The highest BCUT2D eigenvalue weighted by Crippen LogP contribution is 2.40. The molecule has 1 nitrogen and oxygen atoms in total. The van der Waals surface area contributed by atoms with Crippen LogP contribution in [-0.2, 0) is 0 Å². The van der Waals surface area contributed by atoms with Crippen molar-refractivity contribution in [3.8, 4) is 22.6 Å². The average Bonchev–Trinajstić information content (AvgIpc) is 3.09. The largest absolute Gasteiger partial charge is 0.457 e. The van der Waals surface area contributed by atoms with Crippen LogP contribution in [-0.4, -0.2) is 0 Å². The van der Waals surface area contributed by atoms with Gasteiger partial charge in [-0.05, 0) is 53.6 Å². The van der Waals surface area contributed by atoms with E-state index in [2.05, 4.69) is 70.5 Å². The highest BCUT2D eigenvalue weighted by molar-refractivity contribution is 9.10. The molecule has 1 aromatic heterocycles. The second-order valence-corrected chi connectivity index (χ2v) is 8.33. The quantitative estimate of drug-likeness (QED) is 0.279. The molecule has 0 aliphatic heterocycles. The molecule has 0 saturated carbocycles. The fraction of sp³-hybridized carbons (Fsp3) is 0. The molecule has 0 spiro atoms. The molecule has 5 aromatic rings. The molecular formula is C24H15BrOS. The zero-order valence-corrected chi connectivity index (χ0v) is 16.8. The third-order valence-electron chi connectivity index (χ3n) is 4.62. The van der Waals surface area contributed by atoms with Crippen LogP contribution in [0.25, 0.3) is 31.3 Å². The number of hydrogen-bond acceptors (Lipinski definition) is 2. The van der Waals surface area contributed by atoms with Crippen molar-refractivity contribution in [2.24, 2.45) is 0 Å². The minimum atomic E-state index is 0.831. The lowest BCUT2D eigenvalue weighted by molar-refractivity contribution is 0.482. The van der Waals surface area contributed by atoms with Crippen LogP contribution in [0.1, 0.15) is 0 Å². The molecule has 0 fully saturated rings. The first kappa shape index (κ1) is 16.5. The molecule has 0 radical (unpaired) electrons. The third-order valence-corrected chi connectivity index (χ3v) is 6.37. The molecule has 0 atom stereocenters. The molecule has 0 unspecified atom stereocenters. The molecule has 0 amide bonds. The van der Waals surface area contributed by atoms with Crippen LogP contribution in [0.5, 0.6) is 11.5 Å². The Labute approximate surface area is 170 Å². The van der Waals surface area contributed by atoms with E-state index in [0.717, 1.165) is 16.0 Å². The predicted molar refractivity (Wildman–Crippen MR) is 119 cm³/mol. The summed E-state index contributed by atoms with van der Waals surface area (Å²) in [5.74, 6) is 1.67. The van der Waals surface area contributed by atoms with E-state index in [-0.39, 0.29) is 0 Å². The molecule has 0 N–H and O–H groups in total. The zero-order valence-electron chi connectivity index (χ0n) is 14.4. The van der Waals surface area contributed by atoms with Gasteiger partial charge in [-0.15, -0.1) is 11.3 Å². The summed E-state index contributed by atoms with van der Waals surface area (Å²) in [6.45, 7) is 0. The van der Waals surface area contributed by atoms with Crippen molar-refractivity contribution in [2.75, 3.05) is 0 Å². The third kappa shape index (κ3) is 3.14. The van der Waals surface area contributed by atoms with E-state index in [1.54, 1.807) is 0 Å². The summed E-state index contributed by atoms with van der Waals surface area (Å²) in [4.78, 5) is 0. The van der Waals surface area contributed by atoms with Crippen LogP contribution in [0.4, 0.5) is 0 Å². The van der Waals surface area contributed by atoms with E-state index in [0.29, 0.717) is 0 Å².